The number of nitrogens with one attached hydrogen (secondary N) is 1. The molecular formula is C24H22N4OS2. The van der Waals surface area contributed by atoms with Gasteiger partial charge in [0.05, 0.1) is 16.6 Å². The monoisotopic (exact) mass is 446 g/mol. The van der Waals surface area contributed by atoms with E-state index in [1.165, 1.54) is 28.7 Å². The molecule has 2 heterocycles. The number of anilines is 1. The second-order valence-corrected chi connectivity index (χ2v) is 9.10. The number of thiazole rings is 1. The van der Waals surface area contributed by atoms with Crippen LogP contribution in [0.25, 0.3) is 22.5 Å². The molecule has 0 aliphatic carbocycles. The van der Waals surface area contributed by atoms with Gasteiger partial charge in [-0.1, -0.05) is 78.8 Å². The fourth-order valence-electron chi connectivity index (χ4n) is 3.01. The fraction of sp³-hybridized carbons (Fsp3) is 0.167. The summed E-state index contributed by atoms with van der Waals surface area (Å²) in [6, 6.07) is 20.1. The van der Waals surface area contributed by atoms with Crippen LogP contribution in [-0.2, 0) is 4.79 Å². The maximum absolute atomic E-state index is 12.9. The van der Waals surface area contributed by atoms with Crippen LogP contribution in [0.4, 0.5) is 5.13 Å². The molecule has 0 aliphatic heterocycles. The fourth-order valence-corrected chi connectivity index (χ4v) is 4.65. The number of aromatic nitrogens is 3. The van der Waals surface area contributed by atoms with E-state index in [0.29, 0.717) is 11.6 Å². The van der Waals surface area contributed by atoms with Gasteiger partial charge in [0.15, 0.2) is 5.13 Å². The number of benzene rings is 2. The average molecular weight is 447 g/mol. The lowest BCUT2D eigenvalue weighted by Crippen LogP contribution is -2.24. The Kier molecular flexibility index (Phi) is 6.74. The van der Waals surface area contributed by atoms with E-state index < -0.39 is 0 Å². The Morgan fingerprint density at radius 1 is 1.03 bits per heavy atom. The quantitative estimate of drug-likeness (QED) is 0.275. The van der Waals surface area contributed by atoms with Crippen molar-refractivity contribution in [2.75, 3.05) is 5.32 Å². The van der Waals surface area contributed by atoms with E-state index in [2.05, 4.69) is 39.3 Å². The largest absolute Gasteiger partial charge is 0.301 e. The van der Waals surface area contributed by atoms with E-state index >= 15 is 0 Å². The van der Waals surface area contributed by atoms with Gasteiger partial charge in [-0.25, -0.2) is 15.0 Å². The highest BCUT2D eigenvalue weighted by atomic mass is 32.2. The predicted octanol–water partition coefficient (Wildman–Crippen LogP) is 6.08. The first kappa shape index (κ1) is 21.2. The zero-order chi connectivity index (χ0) is 21.6. The molecule has 0 radical (unpaired) electrons. The standard InChI is InChI=1S/C24H22N4OS2/c1-3-21(31-22-13-19(25-15-26-22)17-7-5-4-6-8-17)23(29)28-24-27-20(14-30-24)18-11-9-16(2)10-12-18/h4-15,21H,3H2,1-2H3,(H,27,28,29). The molecule has 1 atom stereocenters. The summed E-state index contributed by atoms with van der Waals surface area (Å²) < 4.78 is 0. The number of carbonyl (C=O) groups excluding carboxylic acids is 1. The Hall–Kier alpha value is -3.03. The van der Waals surface area contributed by atoms with Crippen LogP contribution in [0.15, 0.2) is 77.4 Å². The van der Waals surface area contributed by atoms with E-state index in [4.69, 9.17) is 0 Å². The van der Waals surface area contributed by atoms with Gasteiger partial charge in [-0.3, -0.25) is 4.79 Å². The van der Waals surface area contributed by atoms with Crippen molar-refractivity contribution in [3.63, 3.8) is 0 Å². The first-order chi connectivity index (χ1) is 15.1. The van der Waals surface area contributed by atoms with Gasteiger partial charge >= 0.3 is 0 Å². The molecule has 5 nitrogen and oxygen atoms in total. The molecule has 7 heteroatoms. The molecule has 0 spiro atoms. The van der Waals surface area contributed by atoms with Gasteiger partial charge in [-0.05, 0) is 19.4 Å². The molecule has 0 aliphatic rings. The molecule has 4 rings (SSSR count). The molecule has 0 saturated carbocycles. The number of hydrogen-bond donors (Lipinski definition) is 1. The summed E-state index contributed by atoms with van der Waals surface area (Å²) >= 11 is 2.88. The molecule has 2 aromatic carbocycles. The Bertz CT molecular complexity index is 1160. The minimum Gasteiger partial charge on any atom is -0.301 e. The van der Waals surface area contributed by atoms with Crippen LogP contribution in [0.2, 0.25) is 0 Å². The predicted molar refractivity (Wildman–Crippen MR) is 128 cm³/mol. The first-order valence-electron chi connectivity index (χ1n) is 10.00. The van der Waals surface area contributed by atoms with Gasteiger partial charge < -0.3 is 5.32 Å². The SMILES string of the molecule is CCC(Sc1cc(-c2ccccc2)ncn1)C(=O)Nc1nc(-c2ccc(C)cc2)cs1. The highest BCUT2D eigenvalue weighted by molar-refractivity contribution is 8.00. The Morgan fingerprint density at radius 2 is 1.77 bits per heavy atom. The first-order valence-corrected chi connectivity index (χ1v) is 11.8. The van der Waals surface area contributed by atoms with Crippen molar-refractivity contribution in [1.82, 2.24) is 15.0 Å². The smallest absolute Gasteiger partial charge is 0.239 e. The molecular weight excluding hydrogens is 424 g/mol. The second-order valence-electron chi connectivity index (χ2n) is 7.02. The average Bonchev–Trinajstić information content (AvgIpc) is 3.27. The maximum atomic E-state index is 12.9. The van der Waals surface area contributed by atoms with Gasteiger partial charge in [0, 0.05) is 16.5 Å². The third-order valence-corrected chi connectivity index (χ3v) is 6.77. The Labute approximate surface area is 190 Å². The summed E-state index contributed by atoms with van der Waals surface area (Å²) in [5, 5.41) is 6.03. The van der Waals surface area contributed by atoms with Crippen molar-refractivity contribution in [2.45, 2.75) is 30.5 Å². The van der Waals surface area contributed by atoms with Crippen LogP contribution >= 0.6 is 23.1 Å². The van der Waals surface area contributed by atoms with E-state index in [0.717, 1.165) is 27.5 Å². The zero-order valence-electron chi connectivity index (χ0n) is 17.3. The molecule has 0 fully saturated rings. The van der Waals surface area contributed by atoms with E-state index in [1.54, 1.807) is 6.33 Å². The van der Waals surface area contributed by atoms with Crippen LogP contribution < -0.4 is 5.32 Å². The molecule has 156 valence electrons. The Balaban J connectivity index is 1.44. The van der Waals surface area contributed by atoms with Crippen LogP contribution in [0.3, 0.4) is 0 Å². The summed E-state index contributed by atoms with van der Waals surface area (Å²) in [5.41, 5.74) is 4.98. The summed E-state index contributed by atoms with van der Waals surface area (Å²) in [5.74, 6) is -0.0721. The van der Waals surface area contributed by atoms with E-state index in [1.807, 2.05) is 60.8 Å². The van der Waals surface area contributed by atoms with Crippen LogP contribution in [-0.4, -0.2) is 26.1 Å². The van der Waals surface area contributed by atoms with Crippen molar-refractivity contribution in [2.24, 2.45) is 0 Å². The van der Waals surface area contributed by atoms with Crippen LogP contribution in [0, 0.1) is 6.92 Å². The number of aryl methyl sites for hydroxylation is 1. The highest BCUT2D eigenvalue weighted by Crippen LogP contribution is 2.29. The molecule has 0 saturated heterocycles. The third kappa shape index (κ3) is 5.37. The molecule has 1 amide bonds. The van der Waals surface area contributed by atoms with E-state index in [-0.39, 0.29) is 11.2 Å². The number of thioether (sulfide) groups is 1. The van der Waals surface area contributed by atoms with Gasteiger partial charge in [0.1, 0.15) is 11.4 Å². The summed E-state index contributed by atoms with van der Waals surface area (Å²) in [6.45, 7) is 4.05. The lowest BCUT2D eigenvalue weighted by Gasteiger charge is -2.13. The number of rotatable bonds is 7. The van der Waals surface area contributed by atoms with Gasteiger partial charge in [-0.15, -0.1) is 11.3 Å². The van der Waals surface area contributed by atoms with Gasteiger partial charge in [0.25, 0.3) is 0 Å². The molecule has 1 unspecified atom stereocenters. The summed E-state index contributed by atoms with van der Waals surface area (Å²) in [7, 11) is 0. The number of carbonyl (C=O) groups is 1. The van der Waals surface area contributed by atoms with Crippen LogP contribution in [0.5, 0.6) is 0 Å². The van der Waals surface area contributed by atoms with Crippen molar-refractivity contribution >= 4 is 34.1 Å². The number of nitrogens with zero attached hydrogens (tertiary/aromatic N) is 3. The minimum absolute atomic E-state index is 0.0721. The molecule has 1 N–H and O–H groups in total. The summed E-state index contributed by atoms with van der Waals surface area (Å²) in [6.07, 6.45) is 2.22. The molecule has 31 heavy (non-hydrogen) atoms. The highest BCUT2D eigenvalue weighted by Gasteiger charge is 2.20. The van der Waals surface area contributed by atoms with Crippen molar-refractivity contribution in [3.8, 4) is 22.5 Å². The molecule has 4 aromatic rings. The van der Waals surface area contributed by atoms with Crippen molar-refractivity contribution in [3.05, 3.63) is 77.9 Å². The number of hydrogen-bond acceptors (Lipinski definition) is 6. The van der Waals surface area contributed by atoms with Crippen molar-refractivity contribution < 1.29 is 4.79 Å². The molecule has 2 aromatic heterocycles. The second kappa shape index (κ2) is 9.85. The zero-order valence-corrected chi connectivity index (χ0v) is 18.9. The number of amides is 1. The third-order valence-electron chi connectivity index (χ3n) is 4.72. The molecule has 0 bridgehead atoms. The Morgan fingerprint density at radius 3 is 2.52 bits per heavy atom. The minimum atomic E-state index is -0.273. The maximum Gasteiger partial charge on any atom is 0.239 e. The van der Waals surface area contributed by atoms with E-state index in [9.17, 15) is 4.79 Å². The lowest BCUT2D eigenvalue weighted by atomic mass is 10.1. The summed E-state index contributed by atoms with van der Waals surface area (Å²) in [4.78, 5) is 26.2. The normalized spacial score (nSPS) is 11.8. The van der Waals surface area contributed by atoms with Crippen LogP contribution in [0.1, 0.15) is 18.9 Å². The van der Waals surface area contributed by atoms with Gasteiger partial charge in [-0.2, -0.15) is 0 Å². The topological polar surface area (TPSA) is 67.8 Å². The lowest BCUT2D eigenvalue weighted by molar-refractivity contribution is -0.115. The van der Waals surface area contributed by atoms with Crippen molar-refractivity contribution in [1.29, 1.82) is 0 Å². The van der Waals surface area contributed by atoms with Gasteiger partial charge in [0.2, 0.25) is 5.91 Å².